The lowest BCUT2D eigenvalue weighted by atomic mass is 10.1. The Balaban J connectivity index is 1.87. The molecule has 0 aliphatic heterocycles. The van der Waals surface area contributed by atoms with Gasteiger partial charge in [-0.2, -0.15) is 10.4 Å². The van der Waals surface area contributed by atoms with E-state index in [-0.39, 0.29) is 19.1 Å². The number of nitriles is 1. The Morgan fingerprint density at radius 2 is 2.00 bits per heavy atom. The van der Waals surface area contributed by atoms with Crippen LogP contribution in [0.5, 0.6) is 11.5 Å². The van der Waals surface area contributed by atoms with Gasteiger partial charge in [0.15, 0.2) is 18.1 Å². The van der Waals surface area contributed by atoms with Gasteiger partial charge >= 0.3 is 0 Å². The zero-order valence-corrected chi connectivity index (χ0v) is 15.6. The highest BCUT2D eigenvalue weighted by atomic mass is 16.5. The first-order valence-corrected chi connectivity index (χ1v) is 8.34. The highest BCUT2D eigenvalue weighted by Crippen LogP contribution is 2.27. The molecule has 2 aromatic carbocycles. The average Bonchev–Trinajstić information content (AvgIpc) is 2.67. The number of carbonyl (C=O) groups excluding carboxylic acids is 1. The lowest BCUT2D eigenvalue weighted by Gasteiger charge is -2.09. The predicted octanol–water partition coefficient (Wildman–Crippen LogP) is 2.78. The van der Waals surface area contributed by atoms with Crippen molar-refractivity contribution in [1.29, 1.82) is 5.26 Å². The smallest absolute Gasteiger partial charge is 0.259 e. The van der Waals surface area contributed by atoms with Gasteiger partial charge < -0.3 is 14.8 Å². The molecule has 0 saturated carbocycles. The SMILES string of the molecule is COc1cc(/C=N\NC(=O)CNc2ccc(C)c(C)c2)ccc1OCC#N. The van der Waals surface area contributed by atoms with Gasteiger partial charge in [0.2, 0.25) is 0 Å². The standard InChI is InChI=1S/C20H22N4O3/c1-14-4-6-17(10-15(14)2)22-13-20(25)24-23-12-16-5-7-18(27-9-8-21)19(11-16)26-3/h4-7,10-12,22H,9,13H2,1-3H3,(H,24,25)/b23-12-. The van der Waals surface area contributed by atoms with Crippen molar-refractivity contribution in [3.05, 3.63) is 53.1 Å². The Labute approximate surface area is 158 Å². The topological polar surface area (TPSA) is 95.7 Å². The van der Waals surface area contributed by atoms with Crippen molar-refractivity contribution < 1.29 is 14.3 Å². The van der Waals surface area contributed by atoms with Gasteiger partial charge in [0.05, 0.1) is 19.9 Å². The molecule has 0 saturated heterocycles. The van der Waals surface area contributed by atoms with Crippen LogP contribution in [0.4, 0.5) is 5.69 Å². The number of hydrazone groups is 1. The molecule has 0 atom stereocenters. The molecule has 2 rings (SSSR count). The summed E-state index contributed by atoms with van der Waals surface area (Å²) in [5.74, 6) is 0.695. The molecule has 27 heavy (non-hydrogen) atoms. The van der Waals surface area contributed by atoms with Gasteiger partial charge in [0.25, 0.3) is 5.91 Å². The van der Waals surface area contributed by atoms with E-state index in [2.05, 4.69) is 15.8 Å². The average molecular weight is 366 g/mol. The minimum atomic E-state index is -0.259. The highest BCUT2D eigenvalue weighted by Gasteiger charge is 2.05. The number of nitrogens with zero attached hydrogens (tertiary/aromatic N) is 2. The maximum atomic E-state index is 11.9. The summed E-state index contributed by atoms with van der Waals surface area (Å²) >= 11 is 0. The molecular weight excluding hydrogens is 344 g/mol. The van der Waals surface area contributed by atoms with Crippen molar-refractivity contribution in [1.82, 2.24) is 5.43 Å². The van der Waals surface area contributed by atoms with Gasteiger partial charge in [-0.15, -0.1) is 0 Å². The quantitative estimate of drug-likeness (QED) is 0.553. The fraction of sp³-hybridized carbons (Fsp3) is 0.250. The Morgan fingerprint density at radius 1 is 1.19 bits per heavy atom. The number of amides is 1. The second-order valence-corrected chi connectivity index (χ2v) is 5.80. The van der Waals surface area contributed by atoms with E-state index in [4.69, 9.17) is 14.7 Å². The highest BCUT2D eigenvalue weighted by molar-refractivity contribution is 5.84. The number of hydrogen-bond acceptors (Lipinski definition) is 6. The third-order valence-corrected chi connectivity index (χ3v) is 3.84. The number of rotatable bonds is 8. The number of carbonyl (C=O) groups is 1. The Bertz CT molecular complexity index is 872. The molecule has 7 heteroatoms. The first kappa shape index (κ1) is 19.8. The van der Waals surface area contributed by atoms with Crippen molar-refractivity contribution in [2.75, 3.05) is 25.6 Å². The lowest BCUT2D eigenvalue weighted by Crippen LogP contribution is -2.25. The van der Waals surface area contributed by atoms with Gasteiger partial charge in [0.1, 0.15) is 6.07 Å². The van der Waals surface area contributed by atoms with Gasteiger partial charge in [0, 0.05) is 5.69 Å². The third kappa shape index (κ3) is 6.04. The van der Waals surface area contributed by atoms with E-state index in [0.29, 0.717) is 11.5 Å². The van der Waals surface area contributed by atoms with Crippen LogP contribution in [0.3, 0.4) is 0 Å². The lowest BCUT2D eigenvalue weighted by molar-refractivity contribution is -0.119. The Hall–Kier alpha value is -3.53. The molecule has 140 valence electrons. The maximum Gasteiger partial charge on any atom is 0.259 e. The minimum Gasteiger partial charge on any atom is -0.493 e. The van der Waals surface area contributed by atoms with E-state index >= 15 is 0 Å². The molecule has 1 amide bonds. The summed E-state index contributed by atoms with van der Waals surface area (Å²) in [4.78, 5) is 11.9. The van der Waals surface area contributed by atoms with Gasteiger partial charge in [-0.1, -0.05) is 6.07 Å². The third-order valence-electron chi connectivity index (χ3n) is 3.84. The molecule has 2 aromatic rings. The monoisotopic (exact) mass is 366 g/mol. The van der Waals surface area contributed by atoms with E-state index in [9.17, 15) is 4.79 Å². The second kappa shape index (κ2) is 9.82. The van der Waals surface area contributed by atoms with E-state index in [1.807, 2.05) is 38.1 Å². The molecule has 0 aliphatic carbocycles. The molecule has 0 spiro atoms. The van der Waals surface area contributed by atoms with Crippen LogP contribution in [-0.4, -0.2) is 32.4 Å². The fourth-order valence-corrected chi connectivity index (χ4v) is 2.25. The van der Waals surface area contributed by atoms with Crippen molar-refractivity contribution >= 4 is 17.8 Å². The molecule has 0 radical (unpaired) electrons. The Morgan fingerprint density at radius 3 is 2.70 bits per heavy atom. The largest absolute Gasteiger partial charge is 0.493 e. The molecule has 7 nitrogen and oxygen atoms in total. The number of hydrogen-bond donors (Lipinski definition) is 2. The molecule has 0 aromatic heterocycles. The zero-order valence-electron chi connectivity index (χ0n) is 15.6. The van der Waals surface area contributed by atoms with E-state index < -0.39 is 0 Å². The van der Waals surface area contributed by atoms with Crippen LogP contribution in [-0.2, 0) is 4.79 Å². The molecule has 2 N–H and O–H groups in total. The summed E-state index contributed by atoms with van der Waals surface area (Å²) in [6, 6.07) is 13.0. The Kier molecular flexibility index (Phi) is 7.20. The van der Waals surface area contributed by atoms with Crippen LogP contribution in [0.15, 0.2) is 41.5 Å². The van der Waals surface area contributed by atoms with Crippen LogP contribution in [0, 0.1) is 25.2 Å². The molecule has 0 heterocycles. The van der Waals surface area contributed by atoms with Crippen LogP contribution in [0.2, 0.25) is 0 Å². The summed E-state index contributed by atoms with van der Waals surface area (Å²) in [5, 5.41) is 15.6. The molecule has 0 bridgehead atoms. The summed E-state index contributed by atoms with van der Waals surface area (Å²) in [7, 11) is 1.51. The van der Waals surface area contributed by atoms with Crippen molar-refractivity contribution in [2.24, 2.45) is 5.10 Å². The van der Waals surface area contributed by atoms with Gasteiger partial charge in [-0.25, -0.2) is 5.43 Å². The molecule has 0 aliphatic rings. The van der Waals surface area contributed by atoms with Crippen molar-refractivity contribution in [3.8, 4) is 17.6 Å². The molecular formula is C20H22N4O3. The second-order valence-electron chi connectivity index (χ2n) is 5.80. The summed E-state index contributed by atoms with van der Waals surface area (Å²) < 4.78 is 10.5. The number of aryl methyl sites for hydroxylation is 2. The summed E-state index contributed by atoms with van der Waals surface area (Å²) in [6.45, 7) is 4.12. The predicted molar refractivity (Wildman–Crippen MR) is 104 cm³/mol. The van der Waals surface area contributed by atoms with Crippen LogP contribution >= 0.6 is 0 Å². The van der Waals surface area contributed by atoms with Crippen LogP contribution in [0.1, 0.15) is 16.7 Å². The van der Waals surface area contributed by atoms with E-state index in [1.54, 1.807) is 18.2 Å². The van der Waals surface area contributed by atoms with Crippen LogP contribution in [0.25, 0.3) is 0 Å². The number of methoxy groups -OCH3 is 1. The number of benzene rings is 2. The first-order chi connectivity index (χ1) is 13.0. The van der Waals surface area contributed by atoms with E-state index in [1.165, 1.54) is 18.9 Å². The van der Waals surface area contributed by atoms with Gasteiger partial charge in [-0.05, 0) is 60.9 Å². The maximum absolute atomic E-state index is 11.9. The zero-order chi connectivity index (χ0) is 19.6. The van der Waals surface area contributed by atoms with Crippen molar-refractivity contribution in [3.63, 3.8) is 0 Å². The summed E-state index contributed by atoms with van der Waals surface area (Å²) in [6.07, 6.45) is 1.50. The van der Waals surface area contributed by atoms with Crippen molar-refractivity contribution in [2.45, 2.75) is 13.8 Å². The normalized spacial score (nSPS) is 10.3. The summed E-state index contributed by atoms with van der Waals surface area (Å²) in [5.41, 5.74) is 6.44. The minimum absolute atomic E-state index is 0.0621. The molecule has 0 unspecified atom stereocenters. The van der Waals surface area contributed by atoms with Crippen LogP contribution < -0.4 is 20.2 Å². The number of nitrogens with one attached hydrogen (secondary N) is 2. The number of anilines is 1. The van der Waals surface area contributed by atoms with E-state index in [0.717, 1.165) is 16.8 Å². The number of ether oxygens (including phenoxy) is 2. The molecule has 0 fully saturated rings. The van der Waals surface area contributed by atoms with Gasteiger partial charge in [-0.3, -0.25) is 4.79 Å². The first-order valence-electron chi connectivity index (χ1n) is 8.34. The fourth-order valence-electron chi connectivity index (χ4n) is 2.25.